The molecular weight excluding hydrogens is 228 g/mol. The van der Waals surface area contributed by atoms with Gasteiger partial charge >= 0.3 is 0 Å². The summed E-state index contributed by atoms with van der Waals surface area (Å²) in [6.45, 7) is 3.57. The monoisotopic (exact) mass is 246 g/mol. The van der Waals surface area contributed by atoms with Crippen molar-refractivity contribution in [1.29, 1.82) is 0 Å². The van der Waals surface area contributed by atoms with Crippen molar-refractivity contribution in [2.24, 2.45) is 7.05 Å². The number of pyridine rings is 1. The van der Waals surface area contributed by atoms with Crippen molar-refractivity contribution in [3.8, 4) is 5.88 Å². The molecule has 1 N–H and O–H groups in total. The third kappa shape index (κ3) is 2.87. The Morgan fingerprint density at radius 3 is 2.83 bits per heavy atom. The first kappa shape index (κ1) is 12.6. The highest BCUT2D eigenvalue weighted by molar-refractivity contribution is 5.17. The highest BCUT2D eigenvalue weighted by atomic mass is 16.5. The number of hydrogen-bond acceptors (Lipinski definition) is 4. The summed E-state index contributed by atoms with van der Waals surface area (Å²) >= 11 is 0. The van der Waals surface area contributed by atoms with Crippen molar-refractivity contribution in [3.05, 3.63) is 41.3 Å². The van der Waals surface area contributed by atoms with Crippen LogP contribution >= 0.6 is 0 Å². The second-order valence-electron chi connectivity index (χ2n) is 4.15. The lowest BCUT2D eigenvalue weighted by Crippen LogP contribution is -2.14. The molecule has 2 rings (SSSR count). The molecule has 0 unspecified atom stereocenters. The van der Waals surface area contributed by atoms with E-state index in [9.17, 15) is 0 Å². The smallest absolute Gasteiger partial charge is 0.213 e. The van der Waals surface area contributed by atoms with Gasteiger partial charge in [-0.3, -0.25) is 4.68 Å². The Labute approximate surface area is 107 Å². The van der Waals surface area contributed by atoms with Crippen molar-refractivity contribution in [2.45, 2.75) is 20.0 Å². The molecule has 18 heavy (non-hydrogen) atoms. The van der Waals surface area contributed by atoms with Crippen LogP contribution in [0.5, 0.6) is 5.88 Å². The number of aromatic nitrogens is 3. The molecule has 2 aromatic heterocycles. The lowest BCUT2D eigenvalue weighted by atomic mass is 10.2. The first-order chi connectivity index (χ1) is 8.70. The van der Waals surface area contributed by atoms with E-state index in [-0.39, 0.29) is 0 Å². The molecule has 0 saturated carbocycles. The standard InChI is InChI=1S/C13H18N4O/c1-10-11(8-15-17(10)2)7-14-9-12-5-4-6-13(16-12)18-3/h4-6,8,14H,7,9H2,1-3H3. The third-order valence-electron chi connectivity index (χ3n) is 2.95. The number of methoxy groups -OCH3 is 1. The Hall–Kier alpha value is -1.88. The van der Waals surface area contributed by atoms with Gasteiger partial charge in [-0.1, -0.05) is 6.07 Å². The quantitative estimate of drug-likeness (QED) is 0.867. The van der Waals surface area contributed by atoms with E-state index in [1.807, 2.05) is 36.1 Å². The number of ether oxygens (including phenoxy) is 1. The van der Waals surface area contributed by atoms with Gasteiger partial charge in [0.05, 0.1) is 19.0 Å². The van der Waals surface area contributed by atoms with Crippen molar-refractivity contribution in [1.82, 2.24) is 20.1 Å². The molecule has 5 nitrogen and oxygen atoms in total. The van der Waals surface area contributed by atoms with Crippen LogP contribution in [0.3, 0.4) is 0 Å². The maximum Gasteiger partial charge on any atom is 0.213 e. The normalized spacial score (nSPS) is 10.6. The van der Waals surface area contributed by atoms with Crippen LogP contribution in [-0.2, 0) is 20.1 Å². The van der Waals surface area contributed by atoms with E-state index in [2.05, 4.69) is 22.3 Å². The zero-order chi connectivity index (χ0) is 13.0. The van der Waals surface area contributed by atoms with E-state index in [0.29, 0.717) is 12.4 Å². The van der Waals surface area contributed by atoms with E-state index in [4.69, 9.17) is 4.74 Å². The lowest BCUT2D eigenvalue weighted by molar-refractivity contribution is 0.395. The van der Waals surface area contributed by atoms with Gasteiger partial charge in [-0.2, -0.15) is 5.10 Å². The maximum atomic E-state index is 5.09. The van der Waals surface area contributed by atoms with Gasteiger partial charge in [-0.05, 0) is 13.0 Å². The minimum Gasteiger partial charge on any atom is -0.481 e. The highest BCUT2D eigenvalue weighted by Crippen LogP contribution is 2.08. The zero-order valence-electron chi connectivity index (χ0n) is 11.0. The average Bonchev–Trinajstić information content (AvgIpc) is 2.71. The van der Waals surface area contributed by atoms with Gasteiger partial charge in [0, 0.05) is 37.5 Å². The molecule has 2 heterocycles. The molecule has 0 saturated heterocycles. The van der Waals surface area contributed by atoms with Crippen molar-refractivity contribution in [2.75, 3.05) is 7.11 Å². The fourth-order valence-corrected chi connectivity index (χ4v) is 1.71. The van der Waals surface area contributed by atoms with Gasteiger partial charge in [-0.15, -0.1) is 0 Å². The molecule has 0 radical (unpaired) electrons. The molecule has 0 amide bonds. The lowest BCUT2D eigenvalue weighted by Gasteiger charge is -2.05. The van der Waals surface area contributed by atoms with E-state index < -0.39 is 0 Å². The Balaban J connectivity index is 1.90. The summed E-state index contributed by atoms with van der Waals surface area (Å²) in [6.07, 6.45) is 1.89. The molecule has 0 spiro atoms. The summed E-state index contributed by atoms with van der Waals surface area (Å²) in [7, 11) is 3.57. The first-order valence-electron chi connectivity index (χ1n) is 5.89. The van der Waals surface area contributed by atoms with Gasteiger partial charge in [0.25, 0.3) is 0 Å². The topological polar surface area (TPSA) is 52.0 Å². The summed E-state index contributed by atoms with van der Waals surface area (Å²) in [5.74, 6) is 0.645. The first-order valence-corrected chi connectivity index (χ1v) is 5.89. The van der Waals surface area contributed by atoms with Crippen LogP contribution in [0.25, 0.3) is 0 Å². The van der Waals surface area contributed by atoms with Gasteiger partial charge in [0.1, 0.15) is 0 Å². The SMILES string of the molecule is COc1cccc(CNCc2cnn(C)c2C)n1. The molecule has 0 fully saturated rings. The Bertz CT molecular complexity index is 521. The van der Waals surface area contributed by atoms with E-state index in [0.717, 1.165) is 12.2 Å². The van der Waals surface area contributed by atoms with E-state index >= 15 is 0 Å². The van der Waals surface area contributed by atoms with Gasteiger partial charge < -0.3 is 10.1 Å². The largest absolute Gasteiger partial charge is 0.481 e. The van der Waals surface area contributed by atoms with Gasteiger partial charge in [-0.25, -0.2) is 4.98 Å². The Morgan fingerprint density at radius 1 is 1.33 bits per heavy atom. The fourth-order valence-electron chi connectivity index (χ4n) is 1.71. The summed E-state index contributed by atoms with van der Waals surface area (Å²) < 4.78 is 6.97. The van der Waals surface area contributed by atoms with Crippen LogP contribution in [0.1, 0.15) is 17.0 Å². The second kappa shape index (κ2) is 5.64. The Kier molecular flexibility index (Phi) is 3.94. The maximum absolute atomic E-state index is 5.09. The summed E-state index contributed by atoms with van der Waals surface area (Å²) in [5.41, 5.74) is 3.36. The minimum absolute atomic E-state index is 0.645. The third-order valence-corrected chi connectivity index (χ3v) is 2.95. The number of aryl methyl sites for hydroxylation is 1. The molecule has 0 aliphatic carbocycles. The van der Waals surface area contributed by atoms with Crippen LogP contribution in [0, 0.1) is 6.92 Å². The van der Waals surface area contributed by atoms with Crippen molar-refractivity contribution < 1.29 is 4.74 Å². The van der Waals surface area contributed by atoms with E-state index in [1.54, 1.807) is 7.11 Å². The number of nitrogens with zero attached hydrogens (tertiary/aromatic N) is 3. The Morgan fingerprint density at radius 2 is 2.17 bits per heavy atom. The summed E-state index contributed by atoms with van der Waals surface area (Å²) in [4.78, 5) is 4.34. The van der Waals surface area contributed by atoms with Crippen LogP contribution in [-0.4, -0.2) is 21.9 Å². The van der Waals surface area contributed by atoms with E-state index in [1.165, 1.54) is 11.3 Å². The average molecular weight is 246 g/mol. The molecule has 0 aliphatic rings. The fraction of sp³-hybridized carbons (Fsp3) is 0.385. The molecule has 0 bridgehead atoms. The zero-order valence-corrected chi connectivity index (χ0v) is 11.0. The number of hydrogen-bond donors (Lipinski definition) is 1. The van der Waals surface area contributed by atoms with Gasteiger partial charge in [0.15, 0.2) is 0 Å². The van der Waals surface area contributed by atoms with Crippen molar-refractivity contribution >= 4 is 0 Å². The summed E-state index contributed by atoms with van der Waals surface area (Å²) in [5, 5.41) is 7.56. The molecular formula is C13H18N4O. The number of nitrogens with one attached hydrogen (secondary N) is 1. The molecule has 5 heteroatoms. The predicted octanol–water partition coefficient (Wildman–Crippen LogP) is 1.42. The molecule has 2 aromatic rings. The van der Waals surface area contributed by atoms with Crippen LogP contribution < -0.4 is 10.1 Å². The predicted molar refractivity (Wildman–Crippen MR) is 69.3 cm³/mol. The minimum atomic E-state index is 0.645. The number of rotatable bonds is 5. The molecule has 0 aromatic carbocycles. The van der Waals surface area contributed by atoms with Crippen LogP contribution in [0.2, 0.25) is 0 Å². The van der Waals surface area contributed by atoms with Crippen molar-refractivity contribution in [3.63, 3.8) is 0 Å². The highest BCUT2D eigenvalue weighted by Gasteiger charge is 2.03. The second-order valence-corrected chi connectivity index (χ2v) is 4.15. The van der Waals surface area contributed by atoms with Gasteiger partial charge in [0.2, 0.25) is 5.88 Å². The van der Waals surface area contributed by atoms with Crippen LogP contribution in [0.15, 0.2) is 24.4 Å². The molecule has 0 aliphatic heterocycles. The van der Waals surface area contributed by atoms with Crippen LogP contribution in [0.4, 0.5) is 0 Å². The molecule has 0 atom stereocenters. The molecule has 96 valence electrons. The summed E-state index contributed by atoms with van der Waals surface area (Å²) in [6, 6.07) is 5.76.